The van der Waals surface area contributed by atoms with Gasteiger partial charge in [0.05, 0.1) is 12.2 Å². The molecule has 96 valence electrons. The number of fused-ring (bicyclic) bond motifs is 2. The average Bonchev–Trinajstić information content (AvgIpc) is 2.24. The minimum absolute atomic E-state index is 0.165. The van der Waals surface area contributed by atoms with Crippen molar-refractivity contribution in [2.45, 2.75) is 50.1 Å². The van der Waals surface area contributed by atoms with Crippen molar-refractivity contribution < 1.29 is 23.8 Å². The number of hydrogen-bond donors (Lipinski definition) is 0. The van der Waals surface area contributed by atoms with Crippen LogP contribution in [0.25, 0.3) is 0 Å². The zero-order valence-electron chi connectivity index (χ0n) is 8.93. The van der Waals surface area contributed by atoms with E-state index in [0.29, 0.717) is 25.7 Å². The third kappa shape index (κ3) is 3.24. The highest BCUT2D eigenvalue weighted by molar-refractivity contribution is 6.61. The average molecular weight is 283 g/mol. The normalized spacial score (nSPS) is 36.1. The molecule has 2 aliphatic heterocycles. The van der Waals surface area contributed by atoms with E-state index < -0.39 is 10.9 Å². The number of halogens is 2. The zero-order chi connectivity index (χ0) is 12.4. The van der Waals surface area contributed by atoms with Crippen LogP contribution in [-0.2, 0) is 14.2 Å². The van der Waals surface area contributed by atoms with Gasteiger partial charge >= 0.3 is 10.9 Å². The Balaban J connectivity index is 1.91. The summed E-state index contributed by atoms with van der Waals surface area (Å²) in [5, 5.41) is 0. The molecule has 2 rings (SSSR count). The third-order valence-electron chi connectivity index (χ3n) is 3.14. The van der Waals surface area contributed by atoms with Crippen molar-refractivity contribution in [1.29, 1.82) is 0 Å². The van der Waals surface area contributed by atoms with Crippen LogP contribution in [0.5, 0.6) is 0 Å². The lowest BCUT2D eigenvalue weighted by Gasteiger charge is -2.42. The van der Waals surface area contributed by atoms with Gasteiger partial charge in [0.15, 0.2) is 0 Å². The molecule has 0 amide bonds. The molecule has 0 aromatic heterocycles. The van der Waals surface area contributed by atoms with Crippen LogP contribution in [0.3, 0.4) is 0 Å². The number of ether oxygens (including phenoxy) is 3. The van der Waals surface area contributed by atoms with Crippen LogP contribution in [0.2, 0.25) is 0 Å². The molecule has 2 aliphatic rings. The van der Waals surface area contributed by atoms with Crippen molar-refractivity contribution in [2.75, 3.05) is 0 Å². The lowest BCUT2D eigenvalue weighted by molar-refractivity contribution is -0.179. The Morgan fingerprint density at radius 2 is 1.29 bits per heavy atom. The molecule has 0 spiro atoms. The van der Waals surface area contributed by atoms with Gasteiger partial charge in [0, 0.05) is 23.2 Å². The molecule has 7 heteroatoms. The van der Waals surface area contributed by atoms with Crippen molar-refractivity contribution in [3.63, 3.8) is 0 Å². The van der Waals surface area contributed by atoms with Gasteiger partial charge in [0.1, 0.15) is 12.2 Å². The first-order chi connectivity index (χ1) is 8.06. The highest BCUT2D eigenvalue weighted by Crippen LogP contribution is 2.34. The van der Waals surface area contributed by atoms with Crippen molar-refractivity contribution in [3.8, 4) is 0 Å². The molecule has 2 saturated heterocycles. The second-order valence-electron chi connectivity index (χ2n) is 4.16. The summed E-state index contributed by atoms with van der Waals surface area (Å²) in [6.45, 7) is 0. The van der Waals surface area contributed by atoms with E-state index in [4.69, 9.17) is 37.4 Å². The number of carbonyl (C=O) groups is 2. The van der Waals surface area contributed by atoms with Crippen molar-refractivity contribution in [1.82, 2.24) is 0 Å². The summed E-state index contributed by atoms with van der Waals surface area (Å²) in [7, 11) is 0. The Morgan fingerprint density at radius 1 is 0.882 bits per heavy atom. The summed E-state index contributed by atoms with van der Waals surface area (Å²) in [6.07, 6.45) is 1.69. The summed E-state index contributed by atoms with van der Waals surface area (Å²) in [5.41, 5.74) is -1.63. The fraction of sp³-hybridized carbons (Fsp3) is 0.800. The van der Waals surface area contributed by atoms with Gasteiger partial charge in [0.2, 0.25) is 0 Å². The van der Waals surface area contributed by atoms with E-state index in [1.807, 2.05) is 0 Å². The van der Waals surface area contributed by atoms with Crippen LogP contribution in [0.1, 0.15) is 25.7 Å². The van der Waals surface area contributed by atoms with Gasteiger partial charge in [0.25, 0.3) is 0 Å². The van der Waals surface area contributed by atoms with Crippen molar-refractivity contribution in [3.05, 3.63) is 0 Å². The maximum absolute atomic E-state index is 10.7. The molecule has 0 aromatic carbocycles. The molecule has 0 aromatic rings. The van der Waals surface area contributed by atoms with Gasteiger partial charge in [-0.15, -0.1) is 0 Å². The maximum atomic E-state index is 10.7. The van der Waals surface area contributed by atoms with Crippen LogP contribution in [0.4, 0.5) is 9.59 Å². The molecule has 2 heterocycles. The molecule has 17 heavy (non-hydrogen) atoms. The van der Waals surface area contributed by atoms with E-state index in [1.165, 1.54) is 0 Å². The minimum atomic E-state index is -0.814. The maximum Gasteiger partial charge on any atom is 0.404 e. The first-order valence-electron chi connectivity index (χ1n) is 5.44. The quantitative estimate of drug-likeness (QED) is 0.729. The molecular weight excluding hydrogens is 271 g/mol. The predicted octanol–water partition coefficient (Wildman–Crippen LogP) is 2.82. The topological polar surface area (TPSA) is 61.8 Å². The van der Waals surface area contributed by atoms with E-state index in [2.05, 4.69) is 0 Å². The molecule has 0 saturated carbocycles. The van der Waals surface area contributed by atoms with Crippen LogP contribution in [-0.4, -0.2) is 35.3 Å². The standard InChI is InChI=1S/C10H12Cl2O5/c11-9(13)16-7-3-1-5-8(17-10(12)14)4-2-6(7)15-5/h5-8H,1-4H2. The van der Waals surface area contributed by atoms with Gasteiger partial charge < -0.3 is 14.2 Å². The van der Waals surface area contributed by atoms with Crippen LogP contribution < -0.4 is 0 Å². The molecule has 4 atom stereocenters. The Labute approximate surface area is 108 Å². The molecule has 0 radical (unpaired) electrons. The predicted molar refractivity (Wildman–Crippen MR) is 59.4 cm³/mol. The Kier molecular flexibility index (Phi) is 4.12. The highest BCUT2D eigenvalue weighted by atomic mass is 35.5. The number of hydrogen-bond acceptors (Lipinski definition) is 5. The Bertz CT molecular complexity index is 292. The third-order valence-corrected chi connectivity index (χ3v) is 3.32. The Hall–Kier alpha value is -0.520. The lowest BCUT2D eigenvalue weighted by atomic mass is 9.88. The van der Waals surface area contributed by atoms with E-state index in [1.54, 1.807) is 0 Å². The Morgan fingerprint density at radius 3 is 1.65 bits per heavy atom. The van der Waals surface area contributed by atoms with E-state index in [0.717, 1.165) is 0 Å². The lowest BCUT2D eigenvalue weighted by Crippen LogP contribution is -2.50. The smallest absolute Gasteiger partial charge is 0.404 e. The number of rotatable bonds is 2. The van der Waals surface area contributed by atoms with Gasteiger partial charge in [-0.1, -0.05) is 0 Å². The molecule has 2 fully saturated rings. The molecule has 0 aliphatic carbocycles. The van der Waals surface area contributed by atoms with Gasteiger partial charge in [-0.25, -0.2) is 9.59 Å². The van der Waals surface area contributed by atoms with Crippen LogP contribution >= 0.6 is 23.2 Å². The summed E-state index contributed by atoms with van der Waals surface area (Å²) in [6, 6.07) is 0. The van der Waals surface area contributed by atoms with E-state index in [-0.39, 0.29) is 24.4 Å². The summed E-state index contributed by atoms with van der Waals surface area (Å²) in [4.78, 5) is 21.4. The van der Waals surface area contributed by atoms with Gasteiger partial charge in [-0.05, 0) is 25.7 Å². The fourth-order valence-corrected chi connectivity index (χ4v) is 2.67. The second kappa shape index (κ2) is 5.42. The van der Waals surface area contributed by atoms with Gasteiger partial charge in [-0.2, -0.15) is 0 Å². The van der Waals surface area contributed by atoms with Crippen molar-refractivity contribution in [2.24, 2.45) is 0 Å². The molecular formula is C10H12Cl2O5. The molecule has 0 N–H and O–H groups in total. The minimum Gasteiger partial charge on any atom is -0.448 e. The van der Waals surface area contributed by atoms with Crippen LogP contribution in [0.15, 0.2) is 0 Å². The van der Waals surface area contributed by atoms with E-state index >= 15 is 0 Å². The highest BCUT2D eigenvalue weighted by Gasteiger charge is 2.42. The molecule has 5 nitrogen and oxygen atoms in total. The SMILES string of the molecule is O=C(Cl)OC1CCC2OC1CCC2OC(=O)Cl. The monoisotopic (exact) mass is 282 g/mol. The fourth-order valence-electron chi connectivity index (χ4n) is 2.44. The van der Waals surface area contributed by atoms with Crippen molar-refractivity contribution >= 4 is 34.1 Å². The zero-order valence-corrected chi connectivity index (χ0v) is 10.4. The molecule has 4 unspecified atom stereocenters. The second-order valence-corrected chi connectivity index (χ2v) is 4.77. The summed E-state index contributed by atoms with van der Waals surface area (Å²) in [5.74, 6) is 0. The van der Waals surface area contributed by atoms with Gasteiger partial charge in [-0.3, -0.25) is 0 Å². The largest absolute Gasteiger partial charge is 0.448 e. The number of carbonyl (C=O) groups excluding carboxylic acids is 2. The van der Waals surface area contributed by atoms with Crippen LogP contribution in [0, 0.1) is 0 Å². The summed E-state index contributed by atoms with van der Waals surface area (Å²) < 4.78 is 15.6. The van der Waals surface area contributed by atoms with E-state index in [9.17, 15) is 9.59 Å². The first kappa shape index (κ1) is 12.9. The summed E-state index contributed by atoms with van der Waals surface area (Å²) >= 11 is 10.4. The molecule has 2 bridgehead atoms. The first-order valence-corrected chi connectivity index (χ1v) is 6.19.